The molecular formula is C32H36ClFN6O4. The largest absolute Gasteiger partial charge is 0.491 e. The number of aromatic nitrogens is 2. The van der Waals surface area contributed by atoms with Crippen molar-refractivity contribution >= 4 is 51.6 Å². The smallest absolute Gasteiger partial charge is 0.320 e. The molecule has 3 aromatic rings. The molecule has 3 fully saturated rings. The summed E-state index contributed by atoms with van der Waals surface area (Å²) in [6.07, 6.45) is 9.00. The molecule has 3 heterocycles. The predicted molar refractivity (Wildman–Crippen MR) is 167 cm³/mol. The monoisotopic (exact) mass is 622 g/mol. The number of halogens is 2. The molecule has 10 nitrogen and oxygen atoms in total. The van der Waals surface area contributed by atoms with Crippen molar-refractivity contribution in [2.24, 2.45) is 5.92 Å². The van der Waals surface area contributed by atoms with Gasteiger partial charge in [-0.2, -0.15) is 0 Å². The van der Waals surface area contributed by atoms with Gasteiger partial charge in [0.05, 0.1) is 29.4 Å². The van der Waals surface area contributed by atoms with E-state index in [9.17, 15) is 14.0 Å². The third kappa shape index (κ3) is 7.64. The van der Waals surface area contributed by atoms with Crippen molar-refractivity contribution in [2.75, 3.05) is 50.0 Å². The highest BCUT2D eigenvalue weighted by Crippen LogP contribution is 2.36. The van der Waals surface area contributed by atoms with Crippen LogP contribution in [0.5, 0.6) is 5.75 Å². The second-order valence-electron chi connectivity index (χ2n) is 11.7. The summed E-state index contributed by atoms with van der Waals surface area (Å²) in [5.41, 5.74) is 1.71. The standard InChI is InChI=1S/C32H36ClFN6O4/c1-20-16-40(17-31(42)44-20)23-8-11-39(12-9-23)10-2-3-30(41)38-28-14-24-27(15-29(28)43-18-21-4-5-21)35-19-36-32(24)37-22-6-7-26(34)25(33)13-22/h2-3,6-7,13-15,19-21,23H,4-5,8-12,16-18H2,1H3,(H,38,41)(H,35,36,37)/t20-/m1/s1. The number of piperidine rings is 1. The number of likely N-dealkylation sites (tertiary alicyclic amines) is 1. The molecule has 0 bridgehead atoms. The van der Waals surface area contributed by atoms with E-state index in [1.165, 1.54) is 18.5 Å². The Bertz CT molecular complexity index is 1560. The molecule has 1 aliphatic carbocycles. The Morgan fingerprint density at radius 1 is 1.18 bits per heavy atom. The number of nitrogens with zero attached hydrogens (tertiary/aromatic N) is 4. The number of benzene rings is 2. The zero-order chi connectivity index (χ0) is 30.6. The molecule has 3 aliphatic rings. The minimum atomic E-state index is -0.509. The summed E-state index contributed by atoms with van der Waals surface area (Å²) < 4.78 is 25.1. The first-order valence-corrected chi connectivity index (χ1v) is 15.5. The molecule has 1 aromatic heterocycles. The van der Waals surface area contributed by atoms with Crippen LogP contribution in [0.3, 0.4) is 0 Å². The van der Waals surface area contributed by atoms with Crippen LogP contribution in [0.2, 0.25) is 5.02 Å². The highest BCUT2D eigenvalue weighted by Gasteiger charge is 2.31. The van der Waals surface area contributed by atoms with Gasteiger partial charge < -0.3 is 20.1 Å². The van der Waals surface area contributed by atoms with E-state index < -0.39 is 5.82 Å². The van der Waals surface area contributed by atoms with Gasteiger partial charge in [0.15, 0.2) is 0 Å². The molecule has 6 rings (SSSR count). The van der Waals surface area contributed by atoms with Crippen LogP contribution < -0.4 is 15.4 Å². The van der Waals surface area contributed by atoms with Crippen molar-refractivity contribution in [3.63, 3.8) is 0 Å². The minimum Gasteiger partial charge on any atom is -0.491 e. The lowest BCUT2D eigenvalue weighted by Crippen LogP contribution is -2.52. The van der Waals surface area contributed by atoms with E-state index in [4.69, 9.17) is 21.1 Å². The van der Waals surface area contributed by atoms with Crippen LogP contribution in [0.15, 0.2) is 48.8 Å². The lowest BCUT2D eigenvalue weighted by atomic mass is 10.0. The van der Waals surface area contributed by atoms with Crippen molar-refractivity contribution in [1.82, 2.24) is 19.8 Å². The van der Waals surface area contributed by atoms with E-state index >= 15 is 0 Å². The third-order valence-corrected chi connectivity index (χ3v) is 8.50. The molecule has 2 saturated heterocycles. The zero-order valence-electron chi connectivity index (χ0n) is 24.6. The van der Waals surface area contributed by atoms with Gasteiger partial charge in [-0.3, -0.25) is 19.4 Å². The number of amides is 1. The van der Waals surface area contributed by atoms with Gasteiger partial charge in [0.1, 0.15) is 29.8 Å². The number of carbonyl (C=O) groups is 2. The highest BCUT2D eigenvalue weighted by molar-refractivity contribution is 6.31. The molecule has 0 radical (unpaired) electrons. The van der Waals surface area contributed by atoms with Crippen LogP contribution in [-0.4, -0.2) is 83.1 Å². The van der Waals surface area contributed by atoms with Gasteiger partial charge >= 0.3 is 5.97 Å². The van der Waals surface area contributed by atoms with E-state index in [0.29, 0.717) is 65.5 Å². The molecule has 2 aromatic carbocycles. The third-order valence-electron chi connectivity index (χ3n) is 8.21. The van der Waals surface area contributed by atoms with E-state index in [1.807, 2.05) is 13.0 Å². The Morgan fingerprint density at radius 3 is 2.75 bits per heavy atom. The van der Waals surface area contributed by atoms with E-state index in [-0.39, 0.29) is 23.0 Å². The first-order chi connectivity index (χ1) is 21.3. The van der Waals surface area contributed by atoms with Gasteiger partial charge in [0.2, 0.25) is 5.91 Å². The summed E-state index contributed by atoms with van der Waals surface area (Å²) in [7, 11) is 0. The second kappa shape index (κ2) is 13.5. The minimum absolute atomic E-state index is 0.00328. The van der Waals surface area contributed by atoms with E-state index in [0.717, 1.165) is 45.3 Å². The molecule has 232 valence electrons. The SMILES string of the molecule is C[C@@H]1CN(C2CCN(CC=CC(=O)Nc3cc4c(Nc5ccc(F)c(Cl)c5)ncnc4cc3OCC3CC3)CC2)CC(=O)O1. The molecule has 1 saturated carbocycles. The molecular weight excluding hydrogens is 587 g/mol. The predicted octanol–water partition coefficient (Wildman–Crippen LogP) is 5.16. The van der Waals surface area contributed by atoms with Crippen LogP contribution in [0, 0.1) is 11.7 Å². The summed E-state index contributed by atoms with van der Waals surface area (Å²) in [6, 6.07) is 8.30. The van der Waals surface area contributed by atoms with Crippen molar-refractivity contribution in [1.29, 1.82) is 0 Å². The average molecular weight is 623 g/mol. The number of anilines is 3. The number of fused-ring (bicyclic) bond motifs is 1. The summed E-state index contributed by atoms with van der Waals surface area (Å²) in [4.78, 5) is 38.2. The number of carbonyl (C=O) groups excluding carboxylic acids is 2. The molecule has 1 amide bonds. The number of nitrogens with one attached hydrogen (secondary N) is 2. The summed E-state index contributed by atoms with van der Waals surface area (Å²) in [5.74, 6) is 0.621. The number of cyclic esters (lactones) is 1. The molecule has 0 spiro atoms. The van der Waals surface area contributed by atoms with Crippen LogP contribution in [-0.2, 0) is 14.3 Å². The second-order valence-corrected chi connectivity index (χ2v) is 12.2. The van der Waals surface area contributed by atoms with E-state index in [1.54, 1.807) is 24.3 Å². The van der Waals surface area contributed by atoms with Crippen LogP contribution in [0.25, 0.3) is 10.9 Å². The zero-order valence-corrected chi connectivity index (χ0v) is 25.4. The van der Waals surface area contributed by atoms with Crippen LogP contribution in [0.4, 0.5) is 21.6 Å². The Labute approximate surface area is 260 Å². The van der Waals surface area contributed by atoms with Gasteiger partial charge in [-0.15, -0.1) is 0 Å². The lowest BCUT2D eigenvalue weighted by Gasteiger charge is -2.40. The number of hydrogen-bond donors (Lipinski definition) is 2. The van der Waals surface area contributed by atoms with E-state index in [2.05, 4.69) is 30.4 Å². The first kappa shape index (κ1) is 30.2. The Morgan fingerprint density at radius 2 is 2.00 bits per heavy atom. The maximum absolute atomic E-state index is 13.7. The number of esters is 1. The van der Waals surface area contributed by atoms with Gasteiger partial charge in [0.25, 0.3) is 0 Å². The van der Waals surface area contributed by atoms with Crippen molar-refractivity contribution < 1.29 is 23.5 Å². The molecule has 0 unspecified atom stereocenters. The lowest BCUT2D eigenvalue weighted by molar-refractivity contribution is -0.159. The average Bonchev–Trinajstić information content (AvgIpc) is 3.83. The summed E-state index contributed by atoms with van der Waals surface area (Å²) in [6.45, 7) is 6.10. The molecule has 12 heteroatoms. The fraction of sp³-hybridized carbons (Fsp3) is 0.438. The van der Waals surface area contributed by atoms with Crippen LogP contribution >= 0.6 is 11.6 Å². The Balaban J connectivity index is 1.11. The van der Waals surface area contributed by atoms with Gasteiger partial charge in [-0.25, -0.2) is 14.4 Å². The van der Waals surface area contributed by atoms with Gasteiger partial charge in [-0.1, -0.05) is 17.7 Å². The summed E-state index contributed by atoms with van der Waals surface area (Å²) in [5, 5.41) is 6.80. The molecule has 44 heavy (non-hydrogen) atoms. The van der Waals surface area contributed by atoms with Gasteiger partial charge in [-0.05, 0) is 75.9 Å². The quantitative estimate of drug-likeness (QED) is 0.234. The Kier molecular flexibility index (Phi) is 9.25. The topological polar surface area (TPSA) is 109 Å². The normalized spacial score (nSPS) is 20.2. The van der Waals surface area contributed by atoms with Crippen molar-refractivity contribution in [3.8, 4) is 5.75 Å². The highest BCUT2D eigenvalue weighted by atomic mass is 35.5. The molecule has 2 aliphatic heterocycles. The molecule has 2 N–H and O–H groups in total. The van der Waals surface area contributed by atoms with Crippen LogP contribution in [0.1, 0.15) is 32.6 Å². The summed E-state index contributed by atoms with van der Waals surface area (Å²) >= 11 is 5.97. The first-order valence-electron chi connectivity index (χ1n) is 15.1. The van der Waals surface area contributed by atoms with Crippen molar-refractivity contribution in [2.45, 2.75) is 44.8 Å². The molecule has 1 atom stereocenters. The fourth-order valence-electron chi connectivity index (χ4n) is 5.69. The number of rotatable bonds is 10. The van der Waals surface area contributed by atoms with Gasteiger partial charge in [0, 0.05) is 42.3 Å². The number of ether oxygens (including phenoxy) is 2. The number of hydrogen-bond acceptors (Lipinski definition) is 9. The number of morpholine rings is 1. The Hall–Kier alpha value is -3.80. The van der Waals surface area contributed by atoms with Crippen molar-refractivity contribution in [3.05, 3.63) is 59.7 Å². The fourth-order valence-corrected chi connectivity index (χ4v) is 5.87. The maximum Gasteiger partial charge on any atom is 0.320 e. The maximum atomic E-state index is 13.7.